The highest BCUT2D eigenvalue weighted by molar-refractivity contribution is 9.11. The molecule has 1 aliphatic heterocycles. The molecule has 0 bridgehead atoms. The first-order chi connectivity index (χ1) is 6.84. The van der Waals surface area contributed by atoms with Gasteiger partial charge in [-0.1, -0.05) is 0 Å². The van der Waals surface area contributed by atoms with Gasteiger partial charge in [0.15, 0.2) is 0 Å². The predicted molar refractivity (Wildman–Crippen MR) is 62.0 cm³/mol. The van der Waals surface area contributed by atoms with E-state index >= 15 is 0 Å². The Balaban J connectivity index is 1.92. The molecule has 0 spiro atoms. The minimum absolute atomic E-state index is 0.783. The van der Waals surface area contributed by atoms with Crippen molar-refractivity contribution in [1.82, 2.24) is 5.01 Å². The van der Waals surface area contributed by atoms with Gasteiger partial charge < -0.3 is 4.74 Å². The maximum atomic E-state index is 5.24. The molecule has 5 heteroatoms. The molecule has 1 aromatic heterocycles. The van der Waals surface area contributed by atoms with E-state index in [1.54, 1.807) is 11.3 Å². The minimum atomic E-state index is 0.783. The maximum Gasteiger partial charge on any atom is 0.0705 e. The largest absolute Gasteiger partial charge is 0.378 e. The Morgan fingerprint density at radius 2 is 2.21 bits per heavy atom. The quantitative estimate of drug-likeness (QED) is 0.773. The molecule has 1 aromatic rings. The number of hydrazone groups is 1. The second kappa shape index (κ2) is 4.91. The number of thiophene rings is 1. The zero-order chi connectivity index (χ0) is 9.80. The van der Waals surface area contributed by atoms with Crippen LogP contribution in [0, 0.1) is 0 Å². The van der Waals surface area contributed by atoms with Crippen molar-refractivity contribution in [1.29, 1.82) is 0 Å². The lowest BCUT2D eigenvalue weighted by molar-refractivity contribution is 0.0397. The first kappa shape index (κ1) is 10.1. The van der Waals surface area contributed by atoms with Crippen molar-refractivity contribution in [3.63, 3.8) is 0 Å². The molecule has 0 amide bonds. The van der Waals surface area contributed by atoms with Crippen LogP contribution in [0.5, 0.6) is 0 Å². The second-order valence-corrected chi connectivity index (χ2v) is 5.45. The van der Waals surface area contributed by atoms with Crippen LogP contribution in [-0.2, 0) is 4.74 Å². The summed E-state index contributed by atoms with van der Waals surface area (Å²) in [5, 5.41) is 6.42. The molecule has 0 unspecified atom stereocenters. The van der Waals surface area contributed by atoms with Gasteiger partial charge in [0.2, 0.25) is 0 Å². The summed E-state index contributed by atoms with van der Waals surface area (Å²) >= 11 is 5.11. The van der Waals surface area contributed by atoms with E-state index in [0.29, 0.717) is 0 Å². The van der Waals surface area contributed by atoms with E-state index in [1.165, 1.54) is 4.88 Å². The standard InChI is InChI=1S/C9H11BrN2OS/c10-9-2-1-8(14-9)7-11-12-3-5-13-6-4-12/h1-2,7H,3-6H2/b11-7+. The second-order valence-electron chi connectivity index (χ2n) is 2.95. The maximum absolute atomic E-state index is 5.24. The average Bonchev–Trinajstić information content (AvgIpc) is 2.63. The fourth-order valence-electron chi connectivity index (χ4n) is 1.21. The van der Waals surface area contributed by atoms with Crippen LogP contribution in [0.4, 0.5) is 0 Å². The van der Waals surface area contributed by atoms with Crippen molar-refractivity contribution in [2.75, 3.05) is 26.3 Å². The van der Waals surface area contributed by atoms with Crippen LogP contribution < -0.4 is 0 Å². The molecule has 14 heavy (non-hydrogen) atoms. The van der Waals surface area contributed by atoms with E-state index in [4.69, 9.17) is 4.74 Å². The van der Waals surface area contributed by atoms with Gasteiger partial charge in [0.05, 0.1) is 36.3 Å². The lowest BCUT2D eigenvalue weighted by atomic mass is 10.5. The van der Waals surface area contributed by atoms with Gasteiger partial charge in [0.25, 0.3) is 0 Å². The number of hydrogen-bond donors (Lipinski definition) is 0. The van der Waals surface area contributed by atoms with Gasteiger partial charge in [-0.25, -0.2) is 0 Å². The van der Waals surface area contributed by atoms with Crippen molar-refractivity contribution in [3.8, 4) is 0 Å². The number of ether oxygens (including phenoxy) is 1. The summed E-state index contributed by atoms with van der Waals surface area (Å²) < 4.78 is 6.38. The van der Waals surface area contributed by atoms with Crippen molar-refractivity contribution in [3.05, 3.63) is 20.8 Å². The Hall–Kier alpha value is -0.390. The van der Waals surface area contributed by atoms with Crippen LogP contribution >= 0.6 is 27.3 Å². The molecule has 0 saturated carbocycles. The summed E-state index contributed by atoms with van der Waals surface area (Å²) in [5.41, 5.74) is 0. The highest BCUT2D eigenvalue weighted by Crippen LogP contribution is 2.20. The molecule has 2 rings (SSSR count). The van der Waals surface area contributed by atoms with Crippen molar-refractivity contribution >= 4 is 33.5 Å². The number of rotatable bonds is 2. The fourth-order valence-corrected chi connectivity index (χ4v) is 2.50. The Kier molecular flexibility index (Phi) is 3.55. The van der Waals surface area contributed by atoms with Gasteiger partial charge >= 0.3 is 0 Å². The van der Waals surface area contributed by atoms with Crippen molar-refractivity contribution in [2.45, 2.75) is 0 Å². The third kappa shape index (κ3) is 2.80. The molecule has 1 fully saturated rings. The molecular weight excluding hydrogens is 264 g/mol. The zero-order valence-electron chi connectivity index (χ0n) is 7.65. The predicted octanol–water partition coefficient (Wildman–Crippen LogP) is 2.18. The van der Waals surface area contributed by atoms with Crippen LogP contribution in [0.3, 0.4) is 0 Å². The molecule has 76 valence electrons. The van der Waals surface area contributed by atoms with Gasteiger partial charge in [0.1, 0.15) is 0 Å². The van der Waals surface area contributed by atoms with E-state index in [1.807, 2.05) is 17.3 Å². The highest BCUT2D eigenvalue weighted by atomic mass is 79.9. The zero-order valence-corrected chi connectivity index (χ0v) is 10.1. The van der Waals surface area contributed by atoms with Gasteiger partial charge in [-0.3, -0.25) is 5.01 Å². The summed E-state index contributed by atoms with van der Waals surface area (Å²) in [6.07, 6.45) is 1.90. The fraction of sp³-hybridized carbons (Fsp3) is 0.444. The number of halogens is 1. The number of nitrogens with zero attached hydrogens (tertiary/aromatic N) is 2. The summed E-state index contributed by atoms with van der Waals surface area (Å²) in [6.45, 7) is 3.35. The molecule has 0 N–H and O–H groups in total. The normalized spacial score (nSPS) is 17.9. The number of hydrogen-bond acceptors (Lipinski definition) is 4. The molecular formula is C9H11BrN2OS. The van der Waals surface area contributed by atoms with Crippen molar-refractivity contribution in [2.24, 2.45) is 5.10 Å². The molecule has 0 atom stereocenters. The van der Waals surface area contributed by atoms with Crippen LogP contribution in [0.2, 0.25) is 0 Å². The third-order valence-corrected chi connectivity index (χ3v) is 3.49. The van der Waals surface area contributed by atoms with E-state index < -0.39 is 0 Å². The lowest BCUT2D eigenvalue weighted by Gasteiger charge is -2.23. The van der Waals surface area contributed by atoms with E-state index in [0.717, 1.165) is 30.1 Å². The third-order valence-electron chi connectivity index (χ3n) is 1.93. The van der Waals surface area contributed by atoms with Crippen LogP contribution in [0.15, 0.2) is 21.0 Å². The van der Waals surface area contributed by atoms with Gasteiger partial charge in [-0.15, -0.1) is 11.3 Å². The van der Waals surface area contributed by atoms with Crippen LogP contribution in [0.25, 0.3) is 0 Å². The summed E-state index contributed by atoms with van der Waals surface area (Å²) in [4.78, 5) is 1.17. The topological polar surface area (TPSA) is 24.8 Å². The minimum Gasteiger partial charge on any atom is -0.378 e. The van der Waals surface area contributed by atoms with Gasteiger partial charge in [0, 0.05) is 4.88 Å². The van der Waals surface area contributed by atoms with Crippen LogP contribution in [-0.4, -0.2) is 37.5 Å². The SMILES string of the molecule is Brc1ccc(/C=N/N2CCOCC2)s1. The molecule has 0 radical (unpaired) electrons. The lowest BCUT2D eigenvalue weighted by Crippen LogP contribution is -2.32. The monoisotopic (exact) mass is 274 g/mol. The Bertz CT molecular complexity index is 320. The molecule has 3 nitrogen and oxygen atoms in total. The van der Waals surface area contributed by atoms with Crippen molar-refractivity contribution < 1.29 is 4.74 Å². The Labute approximate surface area is 95.5 Å². The summed E-state index contributed by atoms with van der Waals surface area (Å²) in [5.74, 6) is 0. The van der Waals surface area contributed by atoms with E-state index in [-0.39, 0.29) is 0 Å². The van der Waals surface area contributed by atoms with E-state index in [2.05, 4.69) is 27.1 Å². The van der Waals surface area contributed by atoms with E-state index in [9.17, 15) is 0 Å². The molecule has 1 aliphatic rings. The molecule has 0 aromatic carbocycles. The Morgan fingerprint density at radius 3 is 2.86 bits per heavy atom. The molecule has 2 heterocycles. The van der Waals surface area contributed by atoms with Gasteiger partial charge in [-0.2, -0.15) is 5.10 Å². The highest BCUT2D eigenvalue weighted by Gasteiger charge is 2.06. The molecule has 0 aliphatic carbocycles. The average molecular weight is 275 g/mol. The summed E-state index contributed by atoms with van der Waals surface area (Å²) in [6, 6.07) is 4.09. The first-order valence-corrected chi connectivity index (χ1v) is 6.07. The Morgan fingerprint density at radius 1 is 1.43 bits per heavy atom. The molecule has 1 saturated heterocycles. The van der Waals surface area contributed by atoms with Crippen LogP contribution in [0.1, 0.15) is 4.88 Å². The number of morpholine rings is 1. The van der Waals surface area contributed by atoms with Gasteiger partial charge in [-0.05, 0) is 28.1 Å². The summed E-state index contributed by atoms with van der Waals surface area (Å²) in [7, 11) is 0. The smallest absolute Gasteiger partial charge is 0.0705 e. The first-order valence-electron chi connectivity index (χ1n) is 4.46.